The molecule has 1 saturated heterocycles. The number of piperidine rings is 1. The van der Waals surface area contributed by atoms with Crippen LogP contribution < -0.4 is 10.2 Å². The summed E-state index contributed by atoms with van der Waals surface area (Å²) in [7, 11) is -3.40. The van der Waals surface area contributed by atoms with Crippen molar-refractivity contribution in [2.75, 3.05) is 29.6 Å². The van der Waals surface area contributed by atoms with E-state index in [2.05, 4.69) is 22.3 Å². The fraction of sp³-hybridized carbons (Fsp3) is 0.381. The summed E-state index contributed by atoms with van der Waals surface area (Å²) in [4.78, 5) is 14.3. The number of Topliss-reactive ketones (excluding diaryl/α,β-unsaturated/α-hetero) is 1. The summed E-state index contributed by atoms with van der Waals surface area (Å²) >= 11 is 0. The van der Waals surface area contributed by atoms with Gasteiger partial charge in [0.05, 0.1) is 10.6 Å². The van der Waals surface area contributed by atoms with Crippen molar-refractivity contribution in [2.45, 2.75) is 37.6 Å². The first-order chi connectivity index (χ1) is 12.9. The SMILES string of the molecule is CC(=O)c1ccc(S(C)(=O)=O)c(NCc2ccccc2N2CCCCC2)c1. The molecule has 0 atom stereocenters. The van der Waals surface area contributed by atoms with E-state index in [0.29, 0.717) is 17.8 Å². The average molecular weight is 387 g/mol. The second-order valence-corrected chi connectivity index (χ2v) is 9.05. The largest absolute Gasteiger partial charge is 0.380 e. The molecular formula is C21H26N2O3S. The zero-order chi connectivity index (χ0) is 19.4. The number of nitrogens with zero attached hydrogens (tertiary/aromatic N) is 1. The third kappa shape index (κ3) is 4.69. The highest BCUT2D eigenvalue weighted by Gasteiger charge is 2.17. The van der Waals surface area contributed by atoms with Crippen molar-refractivity contribution in [3.63, 3.8) is 0 Å². The summed E-state index contributed by atoms with van der Waals surface area (Å²) in [5.41, 5.74) is 3.27. The van der Waals surface area contributed by atoms with Gasteiger partial charge in [0.2, 0.25) is 0 Å². The van der Waals surface area contributed by atoms with Gasteiger partial charge in [-0.1, -0.05) is 18.2 Å². The predicted octanol–water partition coefficient (Wildman–Crippen LogP) is 3.90. The van der Waals surface area contributed by atoms with Gasteiger partial charge in [-0.3, -0.25) is 4.79 Å². The van der Waals surface area contributed by atoms with Crippen LogP contribution in [0.15, 0.2) is 47.4 Å². The number of ketones is 1. The number of hydrogen-bond donors (Lipinski definition) is 1. The highest BCUT2D eigenvalue weighted by Crippen LogP contribution is 2.27. The van der Waals surface area contributed by atoms with Crippen molar-refractivity contribution in [3.8, 4) is 0 Å². The average Bonchev–Trinajstić information content (AvgIpc) is 2.66. The van der Waals surface area contributed by atoms with E-state index in [-0.39, 0.29) is 10.7 Å². The summed E-state index contributed by atoms with van der Waals surface area (Å²) in [6.07, 6.45) is 4.84. The van der Waals surface area contributed by atoms with Crippen molar-refractivity contribution in [2.24, 2.45) is 0 Å². The molecule has 1 aliphatic heterocycles. The number of carbonyl (C=O) groups is 1. The molecular weight excluding hydrogens is 360 g/mol. The minimum atomic E-state index is -3.40. The molecule has 144 valence electrons. The van der Waals surface area contributed by atoms with Crippen molar-refractivity contribution in [1.29, 1.82) is 0 Å². The molecule has 2 aromatic rings. The van der Waals surface area contributed by atoms with Crippen LogP contribution in [-0.4, -0.2) is 33.5 Å². The van der Waals surface area contributed by atoms with E-state index in [1.54, 1.807) is 12.1 Å². The molecule has 0 amide bonds. The van der Waals surface area contributed by atoms with Crippen LogP contribution in [0.5, 0.6) is 0 Å². The van der Waals surface area contributed by atoms with E-state index in [0.717, 1.165) is 18.7 Å². The first-order valence-corrected chi connectivity index (χ1v) is 11.2. The van der Waals surface area contributed by atoms with Gasteiger partial charge in [0.15, 0.2) is 15.6 Å². The lowest BCUT2D eigenvalue weighted by atomic mass is 10.1. The Labute approximate surface area is 161 Å². The van der Waals surface area contributed by atoms with Crippen LogP contribution in [0.3, 0.4) is 0 Å². The predicted molar refractivity (Wildman–Crippen MR) is 109 cm³/mol. The maximum absolute atomic E-state index is 12.1. The third-order valence-electron chi connectivity index (χ3n) is 4.94. The van der Waals surface area contributed by atoms with Crippen molar-refractivity contribution >= 4 is 27.0 Å². The topological polar surface area (TPSA) is 66.5 Å². The summed E-state index contributed by atoms with van der Waals surface area (Å²) in [6, 6.07) is 12.9. The number of hydrogen-bond acceptors (Lipinski definition) is 5. The molecule has 0 unspecified atom stereocenters. The lowest BCUT2D eigenvalue weighted by molar-refractivity contribution is 0.101. The molecule has 0 saturated carbocycles. The fourth-order valence-electron chi connectivity index (χ4n) is 3.50. The van der Waals surface area contributed by atoms with Crippen LogP contribution in [-0.2, 0) is 16.4 Å². The molecule has 3 rings (SSSR count). The molecule has 0 aromatic heterocycles. The van der Waals surface area contributed by atoms with E-state index in [9.17, 15) is 13.2 Å². The smallest absolute Gasteiger partial charge is 0.177 e. The molecule has 1 N–H and O–H groups in total. The lowest BCUT2D eigenvalue weighted by Gasteiger charge is -2.30. The van der Waals surface area contributed by atoms with E-state index in [1.807, 2.05) is 12.1 Å². The number of benzene rings is 2. The Morgan fingerprint density at radius 3 is 2.44 bits per heavy atom. The molecule has 1 aliphatic rings. The fourth-order valence-corrected chi connectivity index (χ4v) is 4.35. The summed E-state index contributed by atoms with van der Waals surface area (Å²) in [5.74, 6) is -0.0909. The van der Waals surface area contributed by atoms with E-state index in [1.165, 1.54) is 44.2 Å². The first-order valence-electron chi connectivity index (χ1n) is 9.28. The Balaban J connectivity index is 1.89. The maximum Gasteiger partial charge on any atom is 0.177 e. The summed E-state index contributed by atoms with van der Waals surface area (Å²) in [6.45, 7) is 4.07. The Hall–Kier alpha value is -2.34. The third-order valence-corrected chi connectivity index (χ3v) is 6.10. The Kier molecular flexibility index (Phi) is 5.85. The van der Waals surface area contributed by atoms with Gasteiger partial charge in [-0.15, -0.1) is 0 Å². The van der Waals surface area contributed by atoms with Crippen LogP contribution in [0.4, 0.5) is 11.4 Å². The van der Waals surface area contributed by atoms with E-state index >= 15 is 0 Å². The number of rotatable bonds is 6. The Morgan fingerprint density at radius 2 is 1.78 bits per heavy atom. The number of sulfone groups is 1. The van der Waals surface area contributed by atoms with Crippen molar-refractivity contribution in [1.82, 2.24) is 0 Å². The van der Waals surface area contributed by atoms with Gasteiger partial charge in [0.1, 0.15) is 0 Å². The van der Waals surface area contributed by atoms with Crippen molar-refractivity contribution < 1.29 is 13.2 Å². The minimum Gasteiger partial charge on any atom is -0.380 e. The van der Waals surface area contributed by atoms with Crippen LogP contribution in [0.25, 0.3) is 0 Å². The van der Waals surface area contributed by atoms with Crippen LogP contribution in [0.1, 0.15) is 42.1 Å². The van der Waals surface area contributed by atoms with Gasteiger partial charge in [0.25, 0.3) is 0 Å². The van der Waals surface area contributed by atoms with Gasteiger partial charge < -0.3 is 10.2 Å². The Bertz CT molecular complexity index is 932. The molecule has 6 heteroatoms. The molecule has 27 heavy (non-hydrogen) atoms. The summed E-state index contributed by atoms with van der Waals surface area (Å²) in [5, 5.41) is 3.25. The molecule has 0 aliphatic carbocycles. The second kappa shape index (κ2) is 8.13. The van der Waals surface area contributed by atoms with Gasteiger partial charge in [-0.2, -0.15) is 0 Å². The minimum absolute atomic E-state index is 0.0909. The maximum atomic E-state index is 12.1. The number of carbonyl (C=O) groups excluding carboxylic acids is 1. The summed E-state index contributed by atoms with van der Waals surface area (Å²) < 4.78 is 24.3. The van der Waals surface area contributed by atoms with E-state index in [4.69, 9.17) is 0 Å². The number of anilines is 2. The van der Waals surface area contributed by atoms with Crippen LogP contribution in [0, 0.1) is 0 Å². The zero-order valence-corrected chi connectivity index (χ0v) is 16.7. The standard InChI is InChI=1S/C21H26N2O3S/c1-16(24)17-10-11-21(27(2,25)26)19(14-17)22-15-18-8-4-5-9-20(18)23-12-6-3-7-13-23/h4-5,8-11,14,22H,3,6-7,12-13,15H2,1-2H3. The monoisotopic (exact) mass is 386 g/mol. The molecule has 1 heterocycles. The highest BCUT2D eigenvalue weighted by molar-refractivity contribution is 7.90. The number of para-hydroxylation sites is 1. The van der Waals surface area contributed by atoms with Gasteiger partial charge in [-0.25, -0.2) is 8.42 Å². The molecule has 0 spiro atoms. The molecule has 5 nitrogen and oxygen atoms in total. The molecule has 1 fully saturated rings. The van der Waals surface area contributed by atoms with Crippen molar-refractivity contribution in [3.05, 3.63) is 53.6 Å². The first kappa shape index (κ1) is 19.4. The van der Waals surface area contributed by atoms with Gasteiger partial charge in [0, 0.05) is 37.1 Å². The molecule has 0 bridgehead atoms. The van der Waals surface area contributed by atoms with Gasteiger partial charge in [-0.05, 0) is 56.0 Å². The van der Waals surface area contributed by atoms with Crippen LogP contribution in [0.2, 0.25) is 0 Å². The van der Waals surface area contributed by atoms with E-state index < -0.39 is 9.84 Å². The normalized spacial score (nSPS) is 14.8. The lowest BCUT2D eigenvalue weighted by Crippen LogP contribution is -2.30. The highest BCUT2D eigenvalue weighted by atomic mass is 32.2. The quantitative estimate of drug-likeness (QED) is 0.763. The second-order valence-electron chi connectivity index (χ2n) is 7.07. The number of nitrogens with one attached hydrogen (secondary N) is 1. The van der Waals surface area contributed by atoms with Gasteiger partial charge >= 0.3 is 0 Å². The zero-order valence-electron chi connectivity index (χ0n) is 15.9. The molecule has 0 radical (unpaired) electrons. The van der Waals surface area contributed by atoms with Crippen LogP contribution >= 0.6 is 0 Å². The Morgan fingerprint density at radius 1 is 1.07 bits per heavy atom. The molecule has 2 aromatic carbocycles.